The third kappa shape index (κ3) is 3.51. The maximum Gasteiger partial charge on any atom is 0.352 e. The second kappa shape index (κ2) is 7.34. The van der Waals surface area contributed by atoms with E-state index in [1.54, 1.807) is 0 Å². The molecule has 1 fully saturated rings. The number of carbonyl (C=O) groups excluding carboxylic acids is 2. The summed E-state index contributed by atoms with van der Waals surface area (Å²) in [4.78, 5) is 48.7. The van der Waals surface area contributed by atoms with Crippen LogP contribution in [0.1, 0.15) is 4.88 Å². The van der Waals surface area contributed by atoms with E-state index in [2.05, 4.69) is 5.32 Å². The smallest absolute Gasteiger partial charge is 0.352 e. The third-order valence-electron chi connectivity index (χ3n) is 3.86. The van der Waals surface area contributed by atoms with E-state index < -0.39 is 29.3 Å². The average molecular weight is 394 g/mol. The zero-order valence-corrected chi connectivity index (χ0v) is 14.9. The lowest BCUT2D eigenvalue weighted by Crippen LogP contribution is -2.70. The first-order valence-corrected chi connectivity index (χ1v) is 9.45. The molecule has 0 radical (unpaired) electrons. The first-order chi connectivity index (χ1) is 12.4. The number of carboxylic acid groups (broad SMARTS) is 2. The van der Waals surface area contributed by atoms with Crippen molar-refractivity contribution in [3.63, 3.8) is 0 Å². The Balaban J connectivity index is 1.73. The molecule has 0 saturated carbocycles. The van der Waals surface area contributed by atoms with Crippen molar-refractivity contribution in [3.05, 3.63) is 45.8 Å². The molecular formula is C16H14N2O6S2. The van der Waals surface area contributed by atoms with Crippen LogP contribution in [0.2, 0.25) is 0 Å². The number of β-lactam (4-membered cyclic amide) rings is 1. The lowest BCUT2D eigenvalue weighted by molar-refractivity contribution is -0.150. The van der Waals surface area contributed by atoms with E-state index in [9.17, 15) is 24.3 Å². The number of fused-ring (bicyclic) bond motifs is 1. The number of hydrogen-bond donors (Lipinski definition) is 3. The van der Waals surface area contributed by atoms with Crippen LogP contribution in [0.25, 0.3) is 0 Å². The lowest BCUT2D eigenvalue weighted by atomic mass is 10.0. The van der Waals surface area contributed by atoms with Gasteiger partial charge in [-0.1, -0.05) is 6.07 Å². The Morgan fingerprint density at radius 3 is 2.73 bits per heavy atom. The summed E-state index contributed by atoms with van der Waals surface area (Å²) in [6.07, 6.45) is 2.18. The predicted octanol–water partition coefficient (Wildman–Crippen LogP) is 0.670. The summed E-state index contributed by atoms with van der Waals surface area (Å²) in [5.74, 6) is -3.10. The number of carbonyl (C=O) groups is 4. The molecule has 8 nitrogen and oxygen atoms in total. The first kappa shape index (κ1) is 18.2. The summed E-state index contributed by atoms with van der Waals surface area (Å²) in [6, 6.07) is 2.86. The highest BCUT2D eigenvalue weighted by atomic mass is 32.2. The van der Waals surface area contributed by atoms with Crippen molar-refractivity contribution in [3.8, 4) is 0 Å². The van der Waals surface area contributed by atoms with Crippen molar-refractivity contribution >= 4 is 46.9 Å². The van der Waals surface area contributed by atoms with Crippen LogP contribution in [0.15, 0.2) is 40.9 Å². The Hall–Kier alpha value is -2.59. The van der Waals surface area contributed by atoms with Gasteiger partial charge in [0.2, 0.25) is 5.91 Å². The predicted molar refractivity (Wildman–Crippen MR) is 94.5 cm³/mol. The van der Waals surface area contributed by atoms with Gasteiger partial charge in [0, 0.05) is 16.7 Å². The number of amides is 2. The second-order valence-electron chi connectivity index (χ2n) is 5.56. The van der Waals surface area contributed by atoms with Crippen molar-refractivity contribution in [1.82, 2.24) is 10.2 Å². The van der Waals surface area contributed by atoms with Gasteiger partial charge in [-0.2, -0.15) is 0 Å². The molecule has 1 saturated heterocycles. The SMILES string of the molecule is O=C(O)C=CC1=C(C(=O)O)N2C(=O)C(NC(=O)Cc3cccs3)[C@@H]2SC1. The Kier molecular flexibility index (Phi) is 5.14. The molecule has 2 atom stereocenters. The first-order valence-electron chi connectivity index (χ1n) is 7.52. The monoisotopic (exact) mass is 394 g/mol. The van der Waals surface area contributed by atoms with E-state index in [-0.39, 0.29) is 29.4 Å². The fourth-order valence-corrected chi connectivity index (χ4v) is 4.76. The standard InChI is InChI=1S/C16H14N2O6S2/c19-10(6-9-2-1-5-25-9)17-12-14(22)18-13(16(23)24)8(3-4-11(20)21)7-26-15(12)18/h1-5,12,15H,6-7H2,(H,17,19)(H,20,21)(H,23,24)/t12?,15-/m0/s1. The van der Waals surface area contributed by atoms with Gasteiger partial charge in [0.25, 0.3) is 5.91 Å². The van der Waals surface area contributed by atoms with Crippen molar-refractivity contribution in [2.45, 2.75) is 17.8 Å². The highest BCUT2D eigenvalue weighted by Crippen LogP contribution is 2.40. The maximum atomic E-state index is 12.4. The minimum atomic E-state index is -1.31. The van der Waals surface area contributed by atoms with E-state index in [0.717, 1.165) is 15.9 Å². The van der Waals surface area contributed by atoms with Crippen LogP contribution in [0.4, 0.5) is 0 Å². The van der Waals surface area contributed by atoms with Crippen molar-refractivity contribution < 1.29 is 29.4 Å². The molecule has 0 aromatic carbocycles. The average Bonchev–Trinajstić information content (AvgIpc) is 3.09. The van der Waals surface area contributed by atoms with Crippen molar-refractivity contribution in [2.24, 2.45) is 0 Å². The number of thiophene rings is 1. The van der Waals surface area contributed by atoms with Gasteiger partial charge < -0.3 is 15.5 Å². The molecule has 0 spiro atoms. The molecule has 0 bridgehead atoms. The Bertz CT molecular complexity index is 830. The Labute approximate surface area is 156 Å². The highest BCUT2D eigenvalue weighted by Gasteiger charge is 2.53. The van der Waals surface area contributed by atoms with Crippen molar-refractivity contribution in [2.75, 3.05) is 5.75 Å². The van der Waals surface area contributed by atoms with Crippen LogP contribution >= 0.6 is 23.1 Å². The zero-order chi connectivity index (χ0) is 18.8. The number of thioether (sulfide) groups is 1. The van der Waals surface area contributed by atoms with Gasteiger partial charge in [0.1, 0.15) is 17.1 Å². The van der Waals surface area contributed by atoms with Crippen LogP contribution < -0.4 is 5.32 Å². The third-order valence-corrected chi connectivity index (χ3v) is 6.04. The fourth-order valence-electron chi connectivity index (χ4n) is 2.74. The number of aliphatic carboxylic acids is 2. The van der Waals surface area contributed by atoms with Gasteiger partial charge in [0.05, 0.1) is 6.42 Å². The Morgan fingerprint density at radius 2 is 2.12 bits per heavy atom. The van der Waals surface area contributed by atoms with Crippen LogP contribution in [-0.4, -0.2) is 56.0 Å². The molecule has 1 unspecified atom stereocenters. The number of allylic oxidation sites excluding steroid dienone is 1. The molecule has 0 aliphatic carbocycles. The van der Waals surface area contributed by atoms with E-state index in [4.69, 9.17) is 5.11 Å². The maximum absolute atomic E-state index is 12.4. The van der Waals surface area contributed by atoms with Gasteiger partial charge in [-0.3, -0.25) is 14.5 Å². The minimum Gasteiger partial charge on any atom is -0.478 e. The molecule has 1 aromatic heterocycles. The van der Waals surface area contributed by atoms with E-state index >= 15 is 0 Å². The van der Waals surface area contributed by atoms with Gasteiger partial charge in [0.15, 0.2) is 0 Å². The second-order valence-corrected chi connectivity index (χ2v) is 7.70. The number of hydrogen-bond acceptors (Lipinski definition) is 6. The lowest BCUT2D eigenvalue weighted by Gasteiger charge is -2.49. The van der Waals surface area contributed by atoms with Crippen LogP contribution in [-0.2, 0) is 25.6 Å². The molecule has 3 rings (SSSR count). The minimum absolute atomic E-state index is 0.160. The van der Waals surface area contributed by atoms with Crippen molar-refractivity contribution in [1.29, 1.82) is 0 Å². The quantitative estimate of drug-likeness (QED) is 0.478. The number of carboxylic acids is 2. The molecule has 2 amide bonds. The molecule has 3 N–H and O–H groups in total. The molecule has 1 aromatic rings. The van der Waals surface area contributed by atoms with Gasteiger partial charge in [-0.05, 0) is 23.1 Å². The largest absolute Gasteiger partial charge is 0.478 e. The van der Waals surface area contributed by atoms with Gasteiger partial charge in [-0.25, -0.2) is 9.59 Å². The molecular weight excluding hydrogens is 380 g/mol. The molecule has 2 aliphatic heterocycles. The van der Waals surface area contributed by atoms with Crippen LogP contribution in [0.5, 0.6) is 0 Å². The number of nitrogens with zero attached hydrogens (tertiary/aromatic N) is 1. The molecule has 3 heterocycles. The number of rotatable bonds is 6. The van der Waals surface area contributed by atoms with E-state index in [1.807, 2.05) is 17.5 Å². The fraction of sp³-hybridized carbons (Fsp3) is 0.250. The summed E-state index contributed by atoms with van der Waals surface area (Å²) >= 11 is 2.72. The Morgan fingerprint density at radius 1 is 1.35 bits per heavy atom. The highest BCUT2D eigenvalue weighted by molar-refractivity contribution is 8.00. The van der Waals surface area contributed by atoms with Gasteiger partial charge in [-0.15, -0.1) is 23.1 Å². The summed E-state index contributed by atoms with van der Waals surface area (Å²) in [5.41, 5.74) is 0.0119. The van der Waals surface area contributed by atoms with Crippen LogP contribution in [0, 0.1) is 0 Å². The summed E-state index contributed by atoms with van der Waals surface area (Å²) in [5, 5.41) is 22.1. The molecule has 26 heavy (non-hydrogen) atoms. The molecule has 136 valence electrons. The normalized spacial score (nSPS) is 22.2. The summed E-state index contributed by atoms with van der Waals surface area (Å²) in [6.45, 7) is 0. The molecule has 2 aliphatic rings. The summed E-state index contributed by atoms with van der Waals surface area (Å²) in [7, 11) is 0. The number of nitrogens with one attached hydrogen (secondary N) is 1. The van der Waals surface area contributed by atoms with Gasteiger partial charge >= 0.3 is 11.9 Å². The molecule has 10 heteroatoms. The zero-order valence-electron chi connectivity index (χ0n) is 13.2. The van der Waals surface area contributed by atoms with E-state index in [1.165, 1.54) is 29.2 Å². The van der Waals surface area contributed by atoms with E-state index in [0.29, 0.717) is 0 Å². The van der Waals surface area contributed by atoms with Crippen LogP contribution in [0.3, 0.4) is 0 Å². The topological polar surface area (TPSA) is 124 Å². The summed E-state index contributed by atoms with van der Waals surface area (Å²) < 4.78 is 0.